The van der Waals surface area contributed by atoms with Gasteiger partial charge in [0.2, 0.25) is 11.8 Å². The van der Waals surface area contributed by atoms with E-state index < -0.39 is 22.9 Å². The lowest BCUT2D eigenvalue weighted by molar-refractivity contribution is -0.141. The number of hydrogen-bond donors (Lipinski definition) is 1. The lowest BCUT2D eigenvalue weighted by atomic mass is 9.89. The molecule has 1 amide bonds. The maximum atomic E-state index is 13.4. The lowest BCUT2D eigenvalue weighted by Crippen LogP contribution is -2.63. The summed E-state index contributed by atoms with van der Waals surface area (Å²) >= 11 is 0. The predicted molar refractivity (Wildman–Crippen MR) is 114 cm³/mol. The Balaban J connectivity index is 1.29. The van der Waals surface area contributed by atoms with Gasteiger partial charge < -0.3 is 25.0 Å². The molecule has 9 nitrogen and oxygen atoms in total. The Bertz CT molecular complexity index is 1130. The van der Waals surface area contributed by atoms with Gasteiger partial charge in [-0.25, -0.2) is 13.6 Å². The Hall–Kier alpha value is -3.05. The van der Waals surface area contributed by atoms with Gasteiger partial charge in [0, 0.05) is 38.9 Å². The molecule has 0 saturated carbocycles. The average molecular weight is 461 g/mol. The number of nitrogens with zero attached hydrogens (tertiary/aromatic N) is 4. The molecule has 1 atom stereocenters. The molecule has 2 saturated heterocycles. The number of halogens is 2. The minimum absolute atomic E-state index is 0.0545. The summed E-state index contributed by atoms with van der Waals surface area (Å²) in [5.41, 5.74) is 5.45. The van der Waals surface area contributed by atoms with Crippen LogP contribution in [0.2, 0.25) is 0 Å². The molecule has 11 heteroatoms. The van der Waals surface area contributed by atoms with E-state index in [2.05, 4.69) is 9.88 Å². The number of aromatic nitrogens is 2. The fraction of sp³-hybridized carbons (Fsp3) is 0.500. The molecule has 2 aromatic rings. The van der Waals surface area contributed by atoms with Crippen LogP contribution in [0.3, 0.4) is 0 Å². The van der Waals surface area contributed by atoms with E-state index in [0.29, 0.717) is 63.6 Å². The highest BCUT2D eigenvalue weighted by Crippen LogP contribution is 2.31. The SMILES string of the molecule is NC1(C(=O)N2CCN3c4cc(OCc5ccc(F)c(F)c5)nc(=O)n4CC3C2)CCOCC1. The first kappa shape index (κ1) is 21.8. The topological polar surface area (TPSA) is 103 Å². The summed E-state index contributed by atoms with van der Waals surface area (Å²) in [5, 5.41) is 0. The summed E-state index contributed by atoms with van der Waals surface area (Å²) < 4.78 is 39.0. The second-order valence-corrected chi connectivity index (χ2v) is 8.75. The summed E-state index contributed by atoms with van der Waals surface area (Å²) in [7, 11) is 0. The number of anilines is 1. The molecule has 0 bridgehead atoms. The number of piperazine rings is 1. The normalized spacial score (nSPS) is 21.5. The Morgan fingerprint density at radius 3 is 2.73 bits per heavy atom. The standard InChI is InChI=1S/C22H25F2N5O4/c23-16-2-1-14(9-17(16)24)13-33-18-10-19-28-6-5-27(11-15(28)12-29(19)21(31)26-18)20(30)22(25)3-7-32-8-4-22/h1-2,9-10,15H,3-8,11-13,25H2. The Morgan fingerprint density at radius 2 is 1.97 bits per heavy atom. The number of ether oxygens (including phenoxy) is 2. The van der Waals surface area contributed by atoms with Crippen molar-refractivity contribution in [2.75, 3.05) is 37.7 Å². The van der Waals surface area contributed by atoms with Gasteiger partial charge in [0.1, 0.15) is 12.4 Å². The number of carbonyl (C=O) groups excluding carboxylic acids is 1. The highest BCUT2D eigenvalue weighted by atomic mass is 19.2. The molecular weight excluding hydrogens is 436 g/mol. The van der Waals surface area contributed by atoms with E-state index in [0.717, 1.165) is 12.1 Å². The van der Waals surface area contributed by atoms with Gasteiger partial charge in [0.25, 0.3) is 0 Å². The van der Waals surface area contributed by atoms with Crippen LogP contribution in [0.4, 0.5) is 14.6 Å². The Kier molecular flexibility index (Phi) is 5.53. The van der Waals surface area contributed by atoms with Gasteiger partial charge in [0.05, 0.1) is 18.1 Å². The molecule has 5 rings (SSSR count). The monoisotopic (exact) mass is 461 g/mol. The third kappa shape index (κ3) is 4.06. The first-order chi connectivity index (χ1) is 15.8. The molecule has 0 spiro atoms. The first-order valence-electron chi connectivity index (χ1n) is 11.0. The summed E-state index contributed by atoms with van der Waals surface area (Å²) in [5.74, 6) is -1.19. The largest absolute Gasteiger partial charge is 0.473 e. The van der Waals surface area contributed by atoms with Gasteiger partial charge in [-0.3, -0.25) is 9.36 Å². The van der Waals surface area contributed by atoms with Gasteiger partial charge in [-0.05, 0) is 30.5 Å². The molecule has 0 radical (unpaired) electrons. The van der Waals surface area contributed by atoms with E-state index in [1.165, 1.54) is 6.07 Å². The van der Waals surface area contributed by atoms with E-state index in [9.17, 15) is 18.4 Å². The van der Waals surface area contributed by atoms with Crippen molar-refractivity contribution in [3.63, 3.8) is 0 Å². The summed E-state index contributed by atoms with van der Waals surface area (Å²) in [6.07, 6.45) is 0.998. The van der Waals surface area contributed by atoms with Crippen LogP contribution in [0.25, 0.3) is 0 Å². The molecule has 2 fully saturated rings. The molecule has 3 aliphatic rings. The molecule has 3 aliphatic heterocycles. The van der Waals surface area contributed by atoms with Gasteiger partial charge in [-0.1, -0.05) is 6.07 Å². The van der Waals surface area contributed by atoms with Crippen molar-refractivity contribution < 1.29 is 23.0 Å². The van der Waals surface area contributed by atoms with E-state index in [4.69, 9.17) is 15.2 Å². The van der Waals surface area contributed by atoms with Gasteiger partial charge in [0.15, 0.2) is 11.6 Å². The molecule has 1 unspecified atom stereocenters. The van der Waals surface area contributed by atoms with Crippen LogP contribution in [-0.4, -0.2) is 64.8 Å². The van der Waals surface area contributed by atoms with Crippen molar-refractivity contribution in [3.05, 3.63) is 51.9 Å². The number of rotatable bonds is 4. The minimum Gasteiger partial charge on any atom is -0.473 e. The predicted octanol–water partition coefficient (Wildman–Crippen LogP) is 0.639. The zero-order chi connectivity index (χ0) is 23.2. The number of benzene rings is 1. The quantitative estimate of drug-likeness (QED) is 0.713. The molecule has 1 aromatic heterocycles. The Morgan fingerprint density at radius 1 is 1.18 bits per heavy atom. The van der Waals surface area contributed by atoms with Crippen molar-refractivity contribution in [3.8, 4) is 5.88 Å². The van der Waals surface area contributed by atoms with Crippen molar-refractivity contribution in [1.82, 2.24) is 14.5 Å². The van der Waals surface area contributed by atoms with Crippen LogP contribution < -0.4 is 21.1 Å². The zero-order valence-electron chi connectivity index (χ0n) is 18.0. The van der Waals surface area contributed by atoms with Crippen LogP contribution in [-0.2, 0) is 22.7 Å². The summed E-state index contributed by atoms with van der Waals surface area (Å²) in [6.45, 7) is 2.82. The third-order valence-corrected chi connectivity index (χ3v) is 6.61. The second-order valence-electron chi connectivity index (χ2n) is 8.75. The van der Waals surface area contributed by atoms with E-state index in [1.54, 1.807) is 15.5 Å². The smallest absolute Gasteiger partial charge is 0.352 e. The van der Waals surface area contributed by atoms with E-state index in [-0.39, 0.29) is 24.4 Å². The van der Waals surface area contributed by atoms with Gasteiger partial charge >= 0.3 is 5.69 Å². The highest BCUT2D eigenvalue weighted by Gasteiger charge is 2.43. The van der Waals surface area contributed by atoms with Crippen molar-refractivity contribution in [2.45, 2.75) is 37.6 Å². The molecule has 4 heterocycles. The molecule has 33 heavy (non-hydrogen) atoms. The summed E-state index contributed by atoms with van der Waals surface area (Å²) in [4.78, 5) is 33.6. The van der Waals surface area contributed by atoms with E-state index in [1.807, 2.05) is 0 Å². The van der Waals surface area contributed by atoms with Gasteiger partial charge in [-0.15, -0.1) is 0 Å². The molecule has 2 N–H and O–H groups in total. The number of amides is 1. The van der Waals surface area contributed by atoms with Crippen molar-refractivity contribution >= 4 is 11.7 Å². The van der Waals surface area contributed by atoms with Crippen LogP contribution in [0.1, 0.15) is 18.4 Å². The van der Waals surface area contributed by atoms with Gasteiger partial charge in [-0.2, -0.15) is 4.98 Å². The van der Waals surface area contributed by atoms with Crippen LogP contribution in [0.15, 0.2) is 29.1 Å². The molecular formula is C22H25F2N5O4. The van der Waals surface area contributed by atoms with Crippen molar-refractivity contribution in [1.29, 1.82) is 0 Å². The van der Waals surface area contributed by atoms with Crippen LogP contribution in [0.5, 0.6) is 5.88 Å². The number of carbonyl (C=O) groups is 1. The van der Waals surface area contributed by atoms with Crippen LogP contribution >= 0.6 is 0 Å². The summed E-state index contributed by atoms with van der Waals surface area (Å²) in [6, 6.07) is 5.08. The third-order valence-electron chi connectivity index (χ3n) is 6.61. The highest BCUT2D eigenvalue weighted by molar-refractivity contribution is 5.86. The zero-order valence-corrected chi connectivity index (χ0v) is 18.0. The first-order valence-corrected chi connectivity index (χ1v) is 11.0. The van der Waals surface area contributed by atoms with Crippen LogP contribution in [0, 0.1) is 11.6 Å². The molecule has 176 valence electrons. The fourth-order valence-corrected chi connectivity index (χ4v) is 4.72. The minimum atomic E-state index is -0.964. The number of hydrogen-bond acceptors (Lipinski definition) is 7. The van der Waals surface area contributed by atoms with Crippen molar-refractivity contribution in [2.24, 2.45) is 5.73 Å². The molecule has 0 aliphatic carbocycles. The number of fused-ring (bicyclic) bond motifs is 3. The fourth-order valence-electron chi connectivity index (χ4n) is 4.72. The lowest BCUT2D eigenvalue weighted by Gasteiger charge is -2.42. The average Bonchev–Trinajstić information content (AvgIpc) is 3.18. The maximum Gasteiger partial charge on any atom is 0.352 e. The Labute approximate surface area is 188 Å². The second kappa shape index (κ2) is 8.38. The number of nitrogens with two attached hydrogens (primary N) is 1. The molecule has 1 aromatic carbocycles. The maximum absolute atomic E-state index is 13.4. The van der Waals surface area contributed by atoms with E-state index >= 15 is 0 Å².